The van der Waals surface area contributed by atoms with Crippen LogP contribution in [0, 0.1) is 0 Å². The molecule has 1 aromatic heterocycles. The Kier molecular flexibility index (Phi) is 7.55. The fourth-order valence-corrected chi connectivity index (χ4v) is 3.97. The third-order valence-corrected chi connectivity index (χ3v) is 5.68. The third-order valence-electron chi connectivity index (χ3n) is 5.68. The van der Waals surface area contributed by atoms with Crippen molar-refractivity contribution in [1.82, 2.24) is 20.1 Å². The number of aromatic nitrogens is 1. The number of hydrogen-bond donors (Lipinski definition) is 1. The summed E-state index contributed by atoms with van der Waals surface area (Å²) in [4.78, 5) is 32.8. The minimum Gasteiger partial charge on any atom is -0.490 e. The molecule has 0 radical (unpaired) electrons. The van der Waals surface area contributed by atoms with E-state index in [4.69, 9.17) is 9.47 Å². The summed E-state index contributed by atoms with van der Waals surface area (Å²) in [6.07, 6.45) is 5.78. The Labute approximate surface area is 188 Å². The van der Waals surface area contributed by atoms with Crippen LogP contribution in [0.25, 0.3) is 0 Å². The van der Waals surface area contributed by atoms with E-state index in [0.29, 0.717) is 43.6 Å². The van der Waals surface area contributed by atoms with Crippen molar-refractivity contribution in [3.63, 3.8) is 0 Å². The Hall–Kier alpha value is -3.13. The molecule has 2 amide bonds. The second-order valence-electron chi connectivity index (χ2n) is 8.16. The number of carbonyl (C=O) groups excluding carboxylic acids is 2. The van der Waals surface area contributed by atoms with E-state index in [9.17, 15) is 9.59 Å². The van der Waals surface area contributed by atoms with Gasteiger partial charge in [-0.05, 0) is 37.6 Å². The molecule has 0 bridgehead atoms. The van der Waals surface area contributed by atoms with Crippen molar-refractivity contribution in [1.29, 1.82) is 0 Å². The van der Waals surface area contributed by atoms with Crippen molar-refractivity contribution in [3.05, 3.63) is 48.2 Å². The predicted octanol–water partition coefficient (Wildman–Crippen LogP) is 2.59. The molecule has 2 aromatic rings. The second kappa shape index (κ2) is 10.9. The molecule has 32 heavy (non-hydrogen) atoms. The molecule has 0 spiro atoms. The zero-order valence-electron chi connectivity index (χ0n) is 18.3. The van der Waals surface area contributed by atoms with E-state index in [1.165, 1.54) is 0 Å². The first kappa shape index (κ1) is 22.1. The van der Waals surface area contributed by atoms with Gasteiger partial charge in [-0.25, -0.2) is 4.98 Å². The number of para-hydroxylation sites is 2. The van der Waals surface area contributed by atoms with Crippen molar-refractivity contribution in [2.24, 2.45) is 0 Å². The molecule has 0 atom stereocenters. The lowest BCUT2D eigenvalue weighted by Crippen LogP contribution is -2.52. The molecular formula is C24H30N4O4. The molecule has 0 unspecified atom stereocenters. The third kappa shape index (κ3) is 5.97. The van der Waals surface area contributed by atoms with Gasteiger partial charge in [0.2, 0.25) is 17.7 Å². The van der Waals surface area contributed by atoms with Gasteiger partial charge in [0, 0.05) is 31.4 Å². The Morgan fingerprint density at radius 3 is 2.72 bits per heavy atom. The van der Waals surface area contributed by atoms with Crippen LogP contribution >= 0.6 is 0 Å². The number of rotatable bonds is 2. The minimum absolute atomic E-state index is 0.0222. The van der Waals surface area contributed by atoms with Crippen LogP contribution in [-0.4, -0.2) is 65.9 Å². The smallest absolute Gasteiger partial charge is 0.239 e. The van der Waals surface area contributed by atoms with Crippen LogP contribution in [-0.2, 0) is 16.1 Å². The largest absolute Gasteiger partial charge is 0.490 e. The molecule has 4 rings (SSSR count). The van der Waals surface area contributed by atoms with Crippen LogP contribution in [0.5, 0.6) is 17.4 Å². The van der Waals surface area contributed by atoms with Crippen molar-refractivity contribution in [2.45, 2.75) is 32.2 Å². The van der Waals surface area contributed by atoms with E-state index in [0.717, 1.165) is 37.8 Å². The van der Waals surface area contributed by atoms with Gasteiger partial charge in [-0.15, -0.1) is 0 Å². The zero-order valence-corrected chi connectivity index (χ0v) is 18.3. The molecule has 0 aliphatic carbocycles. The summed E-state index contributed by atoms with van der Waals surface area (Å²) in [6.45, 7) is 3.42. The fraction of sp³-hybridized carbons (Fsp3) is 0.458. The summed E-state index contributed by atoms with van der Waals surface area (Å²) >= 11 is 0. The number of carbonyl (C=O) groups is 2. The van der Waals surface area contributed by atoms with E-state index >= 15 is 0 Å². The zero-order chi connectivity index (χ0) is 22.2. The number of pyridine rings is 1. The number of piperazine rings is 1. The summed E-state index contributed by atoms with van der Waals surface area (Å²) in [5.74, 6) is 1.72. The number of fused-ring (bicyclic) bond motifs is 2. The first-order valence-electron chi connectivity index (χ1n) is 11.3. The standard InChI is InChI=1S/C24H30N4O4/c29-22-17-28(14-12-25-22)23(30)18-27-13-5-1-2-6-15-31-20-9-3-4-10-21(20)32-24-19(16-27)8-7-11-26-24/h3-4,7-11H,1-2,5-6,12-18H2,(H,25,29). The van der Waals surface area contributed by atoms with Gasteiger partial charge in [0.05, 0.1) is 19.7 Å². The second-order valence-corrected chi connectivity index (χ2v) is 8.16. The average molecular weight is 439 g/mol. The fourth-order valence-electron chi connectivity index (χ4n) is 3.97. The average Bonchev–Trinajstić information content (AvgIpc) is 2.80. The minimum atomic E-state index is -0.102. The normalized spacial score (nSPS) is 18.2. The molecule has 1 aromatic carbocycles. The predicted molar refractivity (Wildman–Crippen MR) is 120 cm³/mol. The van der Waals surface area contributed by atoms with Gasteiger partial charge in [-0.3, -0.25) is 14.5 Å². The van der Waals surface area contributed by atoms with Gasteiger partial charge in [0.1, 0.15) is 0 Å². The topological polar surface area (TPSA) is 84.0 Å². The molecule has 170 valence electrons. The van der Waals surface area contributed by atoms with Crippen LogP contribution in [0.15, 0.2) is 42.6 Å². The summed E-state index contributed by atoms with van der Waals surface area (Å²) in [7, 11) is 0. The number of amides is 2. The van der Waals surface area contributed by atoms with Gasteiger partial charge >= 0.3 is 0 Å². The highest BCUT2D eigenvalue weighted by Crippen LogP contribution is 2.32. The van der Waals surface area contributed by atoms with Crippen LogP contribution in [0.4, 0.5) is 0 Å². The number of hydrogen-bond acceptors (Lipinski definition) is 6. The molecule has 0 saturated carbocycles. The molecule has 1 fully saturated rings. The maximum atomic E-state index is 12.9. The number of nitrogens with one attached hydrogen (secondary N) is 1. The summed E-state index contributed by atoms with van der Waals surface area (Å²) in [5.41, 5.74) is 0.906. The lowest BCUT2D eigenvalue weighted by Gasteiger charge is -2.30. The van der Waals surface area contributed by atoms with Gasteiger partial charge in [-0.1, -0.05) is 31.0 Å². The molecule has 8 nitrogen and oxygen atoms in total. The highest BCUT2D eigenvalue weighted by atomic mass is 16.5. The number of ether oxygens (including phenoxy) is 2. The van der Waals surface area contributed by atoms with Gasteiger partial charge in [-0.2, -0.15) is 0 Å². The molecule has 2 aliphatic rings. The molecule has 2 aliphatic heterocycles. The van der Waals surface area contributed by atoms with Gasteiger partial charge in [0.15, 0.2) is 11.5 Å². The highest BCUT2D eigenvalue weighted by Gasteiger charge is 2.23. The Bertz CT molecular complexity index is 936. The lowest BCUT2D eigenvalue weighted by atomic mass is 10.1. The van der Waals surface area contributed by atoms with E-state index in [1.807, 2.05) is 36.4 Å². The van der Waals surface area contributed by atoms with Crippen molar-refractivity contribution in [3.8, 4) is 17.4 Å². The van der Waals surface area contributed by atoms with Crippen molar-refractivity contribution >= 4 is 11.8 Å². The molecule has 1 saturated heterocycles. The SMILES string of the molecule is O=C1CN(C(=O)CN2CCCCCCOc3ccccc3Oc3ncccc3C2)CCN1. The van der Waals surface area contributed by atoms with Crippen molar-refractivity contribution in [2.75, 3.05) is 39.3 Å². The molecule has 3 heterocycles. The van der Waals surface area contributed by atoms with Gasteiger partial charge in [0.25, 0.3) is 0 Å². The quantitative estimate of drug-likeness (QED) is 0.776. The highest BCUT2D eigenvalue weighted by molar-refractivity contribution is 5.86. The van der Waals surface area contributed by atoms with Crippen LogP contribution in [0.1, 0.15) is 31.2 Å². The van der Waals surface area contributed by atoms with E-state index in [1.54, 1.807) is 11.1 Å². The molecular weight excluding hydrogens is 408 g/mol. The maximum Gasteiger partial charge on any atom is 0.239 e. The van der Waals surface area contributed by atoms with Crippen LogP contribution in [0.2, 0.25) is 0 Å². The Morgan fingerprint density at radius 1 is 1.00 bits per heavy atom. The van der Waals surface area contributed by atoms with E-state index < -0.39 is 0 Å². The lowest BCUT2D eigenvalue weighted by molar-refractivity contribution is -0.139. The summed E-state index contributed by atoms with van der Waals surface area (Å²) in [6, 6.07) is 11.5. The summed E-state index contributed by atoms with van der Waals surface area (Å²) < 4.78 is 12.1. The molecule has 1 N–H and O–H groups in total. The first-order chi connectivity index (χ1) is 15.7. The van der Waals surface area contributed by atoms with Crippen LogP contribution < -0.4 is 14.8 Å². The van der Waals surface area contributed by atoms with Crippen LogP contribution in [0.3, 0.4) is 0 Å². The maximum absolute atomic E-state index is 12.9. The summed E-state index contributed by atoms with van der Waals surface area (Å²) in [5, 5.41) is 2.77. The Morgan fingerprint density at radius 2 is 1.84 bits per heavy atom. The van der Waals surface area contributed by atoms with E-state index in [-0.39, 0.29) is 24.9 Å². The van der Waals surface area contributed by atoms with Gasteiger partial charge < -0.3 is 19.7 Å². The van der Waals surface area contributed by atoms with E-state index in [2.05, 4.69) is 15.2 Å². The first-order valence-corrected chi connectivity index (χ1v) is 11.3. The van der Waals surface area contributed by atoms with Crippen molar-refractivity contribution < 1.29 is 19.1 Å². The number of nitrogens with zero attached hydrogens (tertiary/aromatic N) is 3. The monoisotopic (exact) mass is 438 g/mol. The Balaban J connectivity index is 1.54. The molecule has 8 heteroatoms. The number of benzene rings is 1.